The molecule has 0 bridgehead atoms. The Morgan fingerprint density at radius 2 is 2.10 bits per heavy atom. The van der Waals surface area contributed by atoms with Gasteiger partial charge in [0.2, 0.25) is 0 Å². The number of carboxylic acid groups (broad SMARTS) is 1. The molecular weight excluding hydrogens is 256 g/mol. The summed E-state index contributed by atoms with van der Waals surface area (Å²) in [7, 11) is 0. The van der Waals surface area contributed by atoms with E-state index >= 15 is 0 Å². The second-order valence-corrected chi connectivity index (χ2v) is 6.42. The van der Waals surface area contributed by atoms with Gasteiger partial charge in [-0.15, -0.1) is 0 Å². The first kappa shape index (κ1) is 15.1. The van der Waals surface area contributed by atoms with E-state index in [2.05, 4.69) is 31.0 Å². The number of likely N-dealkylation sites (tertiary alicyclic amines) is 1. The molecule has 20 heavy (non-hydrogen) atoms. The van der Waals surface area contributed by atoms with Crippen LogP contribution in [0.2, 0.25) is 0 Å². The van der Waals surface area contributed by atoms with Crippen molar-refractivity contribution >= 4 is 5.97 Å². The quantitative estimate of drug-likeness (QED) is 0.886. The number of nitrogens with one attached hydrogen (secondary N) is 1. The number of piperidine rings is 1. The molecule has 1 aromatic rings. The summed E-state index contributed by atoms with van der Waals surface area (Å²) in [4.78, 5) is 13.3. The van der Waals surface area contributed by atoms with Crippen molar-refractivity contribution in [2.75, 3.05) is 13.1 Å². The lowest BCUT2D eigenvalue weighted by molar-refractivity contribution is 0.0696. The molecule has 112 valence electrons. The van der Waals surface area contributed by atoms with Gasteiger partial charge in [-0.3, -0.25) is 4.90 Å². The van der Waals surface area contributed by atoms with Crippen molar-refractivity contribution in [1.82, 2.24) is 10.2 Å². The largest absolute Gasteiger partial charge is 0.478 e. The zero-order chi connectivity index (χ0) is 14.8. The molecule has 2 heterocycles. The SMILES string of the molecule is CC(C)(C)N1CCC(NCc2cc(C(=O)O)co2)CC1. The van der Waals surface area contributed by atoms with Crippen LogP contribution < -0.4 is 5.32 Å². The molecule has 0 atom stereocenters. The van der Waals surface area contributed by atoms with Crippen LogP contribution >= 0.6 is 0 Å². The van der Waals surface area contributed by atoms with Crippen molar-refractivity contribution in [1.29, 1.82) is 0 Å². The van der Waals surface area contributed by atoms with Crippen LogP contribution in [0.5, 0.6) is 0 Å². The van der Waals surface area contributed by atoms with E-state index in [4.69, 9.17) is 9.52 Å². The Morgan fingerprint density at radius 3 is 2.60 bits per heavy atom. The highest BCUT2D eigenvalue weighted by molar-refractivity contribution is 5.87. The van der Waals surface area contributed by atoms with E-state index in [1.165, 1.54) is 6.26 Å². The molecule has 1 aliphatic rings. The lowest BCUT2D eigenvalue weighted by atomic mass is 9.98. The summed E-state index contributed by atoms with van der Waals surface area (Å²) >= 11 is 0. The van der Waals surface area contributed by atoms with Crippen molar-refractivity contribution in [2.24, 2.45) is 0 Å². The maximum atomic E-state index is 10.8. The molecule has 0 radical (unpaired) electrons. The average Bonchev–Trinajstić information content (AvgIpc) is 2.85. The van der Waals surface area contributed by atoms with E-state index in [-0.39, 0.29) is 11.1 Å². The first-order chi connectivity index (χ1) is 9.36. The van der Waals surface area contributed by atoms with Crippen molar-refractivity contribution < 1.29 is 14.3 Å². The van der Waals surface area contributed by atoms with Gasteiger partial charge < -0.3 is 14.8 Å². The maximum Gasteiger partial charge on any atom is 0.338 e. The number of rotatable bonds is 4. The predicted molar refractivity (Wildman–Crippen MR) is 76.9 cm³/mol. The van der Waals surface area contributed by atoms with E-state index in [0.717, 1.165) is 25.9 Å². The highest BCUT2D eigenvalue weighted by atomic mass is 16.4. The molecular formula is C15H24N2O3. The van der Waals surface area contributed by atoms with E-state index in [1.807, 2.05) is 0 Å². The van der Waals surface area contributed by atoms with Gasteiger partial charge in [-0.1, -0.05) is 0 Å². The maximum absolute atomic E-state index is 10.8. The van der Waals surface area contributed by atoms with Gasteiger partial charge in [0.05, 0.1) is 12.1 Å². The van der Waals surface area contributed by atoms with E-state index in [9.17, 15) is 4.79 Å². The molecule has 0 saturated carbocycles. The standard InChI is InChI=1S/C15H24N2O3/c1-15(2,3)17-6-4-12(5-7-17)16-9-13-8-11(10-20-13)14(18)19/h8,10,12,16H,4-7,9H2,1-3H3,(H,18,19). The lowest BCUT2D eigenvalue weighted by Gasteiger charge is -2.41. The zero-order valence-corrected chi connectivity index (χ0v) is 12.5. The fraction of sp³-hybridized carbons (Fsp3) is 0.667. The van der Waals surface area contributed by atoms with Crippen LogP contribution in [-0.2, 0) is 6.54 Å². The molecule has 1 saturated heterocycles. The van der Waals surface area contributed by atoms with Crippen LogP contribution in [0.1, 0.15) is 49.7 Å². The summed E-state index contributed by atoms with van der Waals surface area (Å²) in [5.41, 5.74) is 0.451. The van der Waals surface area contributed by atoms with Crippen molar-refractivity contribution in [3.05, 3.63) is 23.7 Å². The molecule has 0 aliphatic carbocycles. The first-order valence-electron chi connectivity index (χ1n) is 7.15. The van der Waals surface area contributed by atoms with Crippen LogP contribution in [0.3, 0.4) is 0 Å². The topological polar surface area (TPSA) is 65.7 Å². The molecule has 0 amide bonds. The summed E-state index contributed by atoms with van der Waals surface area (Å²) in [6, 6.07) is 2.06. The normalized spacial score (nSPS) is 18.4. The second-order valence-electron chi connectivity index (χ2n) is 6.42. The van der Waals surface area contributed by atoms with Crippen LogP contribution in [0, 0.1) is 0 Å². The highest BCUT2D eigenvalue weighted by Crippen LogP contribution is 2.20. The Morgan fingerprint density at radius 1 is 1.45 bits per heavy atom. The molecule has 1 aliphatic heterocycles. The van der Waals surface area contributed by atoms with Gasteiger partial charge >= 0.3 is 5.97 Å². The third-order valence-electron chi connectivity index (χ3n) is 3.91. The molecule has 2 rings (SSSR count). The fourth-order valence-electron chi connectivity index (χ4n) is 2.58. The summed E-state index contributed by atoms with van der Waals surface area (Å²) in [6.07, 6.45) is 3.52. The Hall–Kier alpha value is -1.33. The van der Waals surface area contributed by atoms with Crippen molar-refractivity contribution in [3.63, 3.8) is 0 Å². The van der Waals surface area contributed by atoms with Crippen molar-refractivity contribution in [3.8, 4) is 0 Å². The minimum atomic E-state index is -0.946. The van der Waals surface area contributed by atoms with Gasteiger partial charge in [0.15, 0.2) is 0 Å². The highest BCUT2D eigenvalue weighted by Gasteiger charge is 2.26. The smallest absolute Gasteiger partial charge is 0.338 e. The number of nitrogens with zero attached hydrogens (tertiary/aromatic N) is 1. The number of carbonyl (C=O) groups is 1. The van der Waals surface area contributed by atoms with E-state index < -0.39 is 5.97 Å². The molecule has 0 aromatic carbocycles. The molecule has 1 aromatic heterocycles. The monoisotopic (exact) mass is 280 g/mol. The Bertz CT molecular complexity index is 454. The fourth-order valence-corrected chi connectivity index (χ4v) is 2.58. The molecule has 5 heteroatoms. The summed E-state index contributed by atoms with van der Waals surface area (Å²) in [5, 5.41) is 12.3. The Balaban J connectivity index is 1.77. The van der Waals surface area contributed by atoms with Crippen molar-refractivity contribution in [2.45, 2.75) is 51.7 Å². The molecule has 0 spiro atoms. The van der Waals surface area contributed by atoms with Crippen LogP contribution in [0.25, 0.3) is 0 Å². The third-order valence-corrected chi connectivity index (χ3v) is 3.91. The predicted octanol–water partition coefficient (Wildman–Crippen LogP) is 2.33. The number of aromatic carboxylic acids is 1. The minimum absolute atomic E-state index is 0.212. The molecule has 1 fully saturated rings. The van der Waals surface area contributed by atoms with Gasteiger partial charge in [0.25, 0.3) is 0 Å². The van der Waals surface area contributed by atoms with Gasteiger partial charge in [-0.2, -0.15) is 0 Å². The van der Waals surface area contributed by atoms with Crippen LogP contribution in [0.4, 0.5) is 0 Å². The van der Waals surface area contributed by atoms with Gasteiger partial charge in [-0.05, 0) is 39.7 Å². The number of hydrogen-bond donors (Lipinski definition) is 2. The van der Waals surface area contributed by atoms with E-state index in [1.54, 1.807) is 6.07 Å². The summed E-state index contributed by atoms with van der Waals surface area (Å²) in [6.45, 7) is 9.53. The molecule has 5 nitrogen and oxygen atoms in total. The number of carboxylic acids is 1. The zero-order valence-electron chi connectivity index (χ0n) is 12.5. The first-order valence-corrected chi connectivity index (χ1v) is 7.15. The second kappa shape index (κ2) is 5.97. The summed E-state index contributed by atoms with van der Waals surface area (Å²) < 4.78 is 5.24. The Kier molecular flexibility index (Phi) is 4.50. The molecule has 0 unspecified atom stereocenters. The lowest BCUT2D eigenvalue weighted by Crippen LogP contribution is -2.49. The Labute approximate surface area is 119 Å². The molecule has 2 N–H and O–H groups in total. The van der Waals surface area contributed by atoms with Crippen LogP contribution in [0.15, 0.2) is 16.7 Å². The number of hydrogen-bond acceptors (Lipinski definition) is 4. The third kappa shape index (κ3) is 3.84. The van der Waals surface area contributed by atoms with Gasteiger partial charge in [-0.25, -0.2) is 4.79 Å². The number of furan rings is 1. The average molecular weight is 280 g/mol. The minimum Gasteiger partial charge on any atom is -0.478 e. The van der Waals surface area contributed by atoms with Crippen LogP contribution in [-0.4, -0.2) is 40.6 Å². The summed E-state index contributed by atoms with van der Waals surface area (Å²) in [5.74, 6) is -0.265. The van der Waals surface area contributed by atoms with E-state index in [0.29, 0.717) is 18.3 Å². The van der Waals surface area contributed by atoms with Gasteiger partial charge in [0, 0.05) is 24.7 Å². The van der Waals surface area contributed by atoms with Gasteiger partial charge in [0.1, 0.15) is 12.0 Å².